The van der Waals surface area contributed by atoms with Gasteiger partial charge in [-0.05, 0) is 33.1 Å². The van der Waals surface area contributed by atoms with Crippen LogP contribution in [0.15, 0.2) is 0 Å². The van der Waals surface area contributed by atoms with Crippen LogP contribution in [0.3, 0.4) is 0 Å². The van der Waals surface area contributed by atoms with Crippen LogP contribution in [0.5, 0.6) is 0 Å². The number of amides is 1. The first-order valence-electron chi connectivity index (χ1n) is 5.19. The van der Waals surface area contributed by atoms with Crippen LogP contribution in [-0.2, 0) is 4.79 Å². The van der Waals surface area contributed by atoms with Crippen molar-refractivity contribution in [3.8, 4) is 0 Å². The summed E-state index contributed by atoms with van der Waals surface area (Å²) in [6.07, 6.45) is 0.705. The SMILES string of the molecule is CN(C)CCN(C)C(=O)CC1CNC1. The van der Waals surface area contributed by atoms with Gasteiger partial charge >= 0.3 is 0 Å². The van der Waals surface area contributed by atoms with E-state index in [0.717, 1.165) is 26.2 Å². The van der Waals surface area contributed by atoms with Crippen molar-refractivity contribution in [2.75, 3.05) is 47.3 Å². The fourth-order valence-electron chi connectivity index (χ4n) is 1.37. The second-order valence-electron chi connectivity index (χ2n) is 4.35. The van der Waals surface area contributed by atoms with Gasteiger partial charge in [-0.1, -0.05) is 0 Å². The number of hydrogen-bond acceptors (Lipinski definition) is 3. The summed E-state index contributed by atoms with van der Waals surface area (Å²) in [6.45, 7) is 3.78. The maximum atomic E-state index is 11.6. The molecular weight excluding hydrogens is 178 g/mol. The highest BCUT2D eigenvalue weighted by molar-refractivity contribution is 5.76. The van der Waals surface area contributed by atoms with E-state index in [9.17, 15) is 4.79 Å². The van der Waals surface area contributed by atoms with E-state index >= 15 is 0 Å². The molecule has 4 heteroatoms. The molecule has 1 aliphatic heterocycles. The third-order valence-electron chi connectivity index (χ3n) is 2.64. The molecule has 0 bridgehead atoms. The second kappa shape index (κ2) is 5.32. The lowest BCUT2D eigenvalue weighted by Crippen LogP contribution is -2.45. The number of nitrogens with one attached hydrogen (secondary N) is 1. The Morgan fingerprint density at radius 2 is 1.93 bits per heavy atom. The first kappa shape index (κ1) is 11.5. The monoisotopic (exact) mass is 199 g/mol. The van der Waals surface area contributed by atoms with E-state index in [4.69, 9.17) is 0 Å². The van der Waals surface area contributed by atoms with Crippen molar-refractivity contribution in [1.29, 1.82) is 0 Å². The smallest absolute Gasteiger partial charge is 0.222 e. The third kappa shape index (κ3) is 3.64. The molecule has 1 heterocycles. The quantitative estimate of drug-likeness (QED) is 0.655. The van der Waals surface area contributed by atoms with Crippen LogP contribution in [0, 0.1) is 5.92 Å². The predicted molar refractivity (Wildman–Crippen MR) is 57.2 cm³/mol. The summed E-state index contributed by atoms with van der Waals surface area (Å²) in [7, 11) is 5.93. The Kier molecular flexibility index (Phi) is 4.35. The molecule has 1 N–H and O–H groups in total. The van der Waals surface area contributed by atoms with Crippen molar-refractivity contribution < 1.29 is 4.79 Å². The Morgan fingerprint density at radius 1 is 1.29 bits per heavy atom. The third-order valence-corrected chi connectivity index (χ3v) is 2.64. The molecule has 1 aliphatic rings. The average Bonchev–Trinajstić information content (AvgIpc) is 2.06. The number of hydrogen-bond donors (Lipinski definition) is 1. The lowest BCUT2D eigenvalue weighted by Gasteiger charge is -2.28. The summed E-state index contributed by atoms with van der Waals surface area (Å²) in [6, 6.07) is 0. The zero-order chi connectivity index (χ0) is 10.6. The number of likely N-dealkylation sites (N-methyl/N-ethyl adjacent to an activating group) is 2. The highest BCUT2D eigenvalue weighted by Crippen LogP contribution is 2.09. The molecule has 4 nitrogen and oxygen atoms in total. The van der Waals surface area contributed by atoms with Gasteiger partial charge in [0.1, 0.15) is 0 Å². The molecule has 14 heavy (non-hydrogen) atoms. The van der Waals surface area contributed by atoms with Crippen molar-refractivity contribution in [1.82, 2.24) is 15.1 Å². The topological polar surface area (TPSA) is 35.6 Å². The summed E-state index contributed by atoms with van der Waals surface area (Å²) in [4.78, 5) is 15.6. The van der Waals surface area contributed by atoms with Gasteiger partial charge in [0.15, 0.2) is 0 Å². The Balaban J connectivity index is 2.14. The lowest BCUT2D eigenvalue weighted by molar-refractivity contribution is -0.131. The average molecular weight is 199 g/mol. The fourth-order valence-corrected chi connectivity index (χ4v) is 1.37. The molecule has 82 valence electrons. The lowest BCUT2D eigenvalue weighted by atomic mass is 9.99. The first-order valence-corrected chi connectivity index (χ1v) is 5.19. The largest absolute Gasteiger partial charge is 0.344 e. The molecule has 0 atom stereocenters. The van der Waals surface area contributed by atoms with Crippen molar-refractivity contribution >= 4 is 5.91 Å². The van der Waals surface area contributed by atoms with E-state index in [2.05, 4.69) is 10.2 Å². The van der Waals surface area contributed by atoms with Gasteiger partial charge in [-0.2, -0.15) is 0 Å². The van der Waals surface area contributed by atoms with E-state index in [0.29, 0.717) is 12.3 Å². The molecule has 0 aromatic heterocycles. The number of carbonyl (C=O) groups is 1. The minimum absolute atomic E-state index is 0.276. The normalized spacial score (nSPS) is 16.9. The molecule has 1 amide bonds. The van der Waals surface area contributed by atoms with Crippen LogP contribution >= 0.6 is 0 Å². The van der Waals surface area contributed by atoms with Crippen molar-refractivity contribution in [3.63, 3.8) is 0 Å². The molecule has 1 fully saturated rings. The summed E-state index contributed by atoms with van der Waals surface area (Å²) >= 11 is 0. The molecular formula is C10H21N3O. The minimum atomic E-state index is 0.276. The van der Waals surface area contributed by atoms with E-state index in [1.807, 2.05) is 26.0 Å². The zero-order valence-corrected chi connectivity index (χ0v) is 9.42. The highest BCUT2D eigenvalue weighted by atomic mass is 16.2. The first-order chi connectivity index (χ1) is 6.59. The molecule has 0 radical (unpaired) electrons. The summed E-state index contributed by atoms with van der Waals surface area (Å²) in [5.74, 6) is 0.850. The maximum absolute atomic E-state index is 11.6. The van der Waals surface area contributed by atoms with E-state index in [-0.39, 0.29) is 5.91 Å². The van der Waals surface area contributed by atoms with E-state index in [1.54, 1.807) is 0 Å². The summed E-state index contributed by atoms with van der Waals surface area (Å²) in [5, 5.41) is 3.18. The predicted octanol–water partition coefficient (Wildman–Crippen LogP) is -0.384. The zero-order valence-electron chi connectivity index (χ0n) is 9.42. The van der Waals surface area contributed by atoms with Crippen LogP contribution in [0.4, 0.5) is 0 Å². The molecule has 0 unspecified atom stereocenters. The van der Waals surface area contributed by atoms with Gasteiger partial charge in [0.2, 0.25) is 5.91 Å². The molecule has 0 saturated carbocycles. The molecule has 1 rings (SSSR count). The van der Waals surface area contributed by atoms with E-state index in [1.165, 1.54) is 0 Å². The van der Waals surface area contributed by atoms with Crippen LogP contribution < -0.4 is 5.32 Å². The van der Waals surface area contributed by atoms with Crippen molar-refractivity contribution in [3.05, 3.63) is 0 Å². The van der Waals surface area contributed by atoms with Gasteiger partial charge in [0, 0.05) is 26.6 Å². The van der Waals surface area contributed by atoms with Gasteiger partial charge in [0.25, 0.3) is 0 Å². The fraction of sp³-hybridized carbons (Fsp3) is 0.900. The Bertz CT molecular complexity index is 190. The molecule has 1 saturated heterocycles. The molecule has 0 spiro atoms. The van der Waals surface area contributed by atoms with Crippen LogP contribution in [-0.4, -0.2) is 63.0 Å². The minimum Gasteiger partial charge on any atom is -0.344 e. The Labute approximate surface area is 86.2 Å². The van der Waals surface area contributed by atoms with Gasteiger partial charge in [-0.3, -0.25) is 4.79 Å². The number of carbonyl (C=O) groups excluding carboxylic acids is 1. The Morgan fingerprint density at radius 3 is 2.36 bits per heavy atom. The summed E-state index contributed by atoms with van der Waals surface area (Å²) in [5.41, 5.74) is 0. The summed E-state index contributed by atoms with van der Waals surface area (Å²) < 4.78 is 0. The molecule has 0 aliphatic carbocycles. The van der Waals surface area contributed by atoms with Crippen molar-refractivity contribution in [2.45, 2.75) is 6.42 Å². The Hall–Kier alpha value is -0.610. The van der Waals surface area contributed by atoms with Gasteiger partial charge in [0.05, 0.1) is 0 Å². The number of rotatable bonds is 5. The molecule has 0 aromatic rings. The van der Waals surface area contributed by atoms with Crippen LogP contribution in [0.2, 0.25) is 0 Å². The van der Waals surface area contributed by atoms with E-state index < -0.39 is 0 Å². The van der Waals surface area contributed by atoms with Crippen molar-refractivity contribution in [2.24, 2.45) is 5.92 Å². The molecule has 0 aromatic carbocycles. The maximum Gasteiger partial charge on any atom is 0.222 e. The van der Waals surface area contributed by atoms with Crippen LogP contribution in [0.1, 0.15) is 6.42 Å². The second-order valence-corrected chi connectivity index (χ2v) is 4.35. The van der Waals surface area contributed by atoms with Crippen LogP contribution in [0.25, 0.3) is 0 Å². The van der Waals surface area contributed by atoms with Gasteiger partial charge in [-0.15, -0.1) is 0 Å². The van der Waals surface area contributed by atoms with Gasteiger partial charge in [-0.25, -0.2) is 0 Å². The standard InChI is InChI=1S/C10H21N3O/c1-12(2)4-5-13(3)10(14)6-9-7-11-8-9/h9,11H,4-8H2,1-3H3. The van der Waals surface area contributed by atoms with Gasteiger partial charge < -0.3 is 15.1 Å². The number of nitrogens with zero attached hydrogens (tertiary/aromatic N) is 2. The highest BCUT2D eigenvalue weighted by Gasteiger charge is 2.21.